The third kappa shape index (κ3) is 4.67. The van der Waals surface area contributed by atoms with Gasteiger partial charge in [-0.3, -0.25) is 9.69 Å². The van der Waals surface area contributed by atoms with Crippen LogP contribution in [0.3, 0.4) is 0 Å². The molecule has 1 amide bonds. The molecule has 1 saturated heterocycles. The van der Waals surface area contributed by atoms with Gasteiger partial charge in [-0.05, 0) is 37.1 Å². The first kappa shape index (κ1) is 22.4. The zero-order valence-electron chi connectivity index (χ0n) is 17.7. The van der Waals surface area contributed by atoms with E-state index in [0.29, 0.717) is 30.3 Å². The lowest BCUT2D eigenvalue weighted by molar-refractivity contribution is 0.0989. The topological polar surface area (TPSA) is 70.6 Å². The average molecular weight is 468 g/mol. The van der Waals surface area contributed by atoms with Crippen LogP contribution in [0.1, 0.15) is 29.6 Å². The number of anilines is 1. The minimum Gasteiger partial charge on any atom is -0.280 e. The number of aromatic nitrogens is 1. The maximum Gasteiger partial charge on any atom is 0.260 e. The standard InChI is InChI=1S/C24H25N3O3S2/c1-2-15-27(24-25-22(18-31-24)19-9-5-3-6-10-19)23(28)20-11-13-21(14-12-20)32(29,30)26-16-7-4-8-17-26/h2-3,5-6,9-14,18H,1,4,7-8,15-17H2. The van der Waals surface area contributed by atoms with Gasteiger partial charge in [0.2, 0.25) is 10.0 Å². The van der Waals surface area contributed by atoms with E-state index in [-0.39, 0.29) is 10.8 Å². The lowest BCUT2D eigenvalue weighted by Crippen LogP contribution is -2.35. The number of rotatable bonds is 7. The summed E-state index contributed by atoms with van der Waals surface area (Å²) in [4.78, 5) is 19.6. The van der Waals surface area contributed by atoms with E-state index in [9.17, 15) is 13.2 Å². The molecule has 0 radical (unpaired) electrons. The molecule has 0 saturated carbocycles. The van der Waals surface area contributed by atoms with Crippen LogP contribution < -0.4 is 4.90 Å². The second-order valence-corrected chi connectivity index (χ2v) is 10.3. The summed E-state index contributed by atoms with van der Waals surface area (Å²) in [5.41, 5.74) is 2.18. The van der Waals surface area contributed by atoms with Crippen LogP contribution in [-0.4, -0.2) is 43.2 Å². The Bertz CT molecular complexity index is 1180. The fourth-order valence-corrected chi connectivity index (χ4v) is 6.05. The predicted molar refractivity (Wildman–Crippen MR) is 128 cm³/mol. The number of piperidine rings is 1. The van der Waals surface area contributed by atoms with E-state index < -0.39 is 10.0 Å². The molecule has 0 bridgehead atoms. The molecule has 1 aliphatic heterocycles. The Morgan fingerprint density at radius 2 is 1.75 bits per heavy atom. The van der Waals surface area contributed by atoms with Crippen molar-refractivity contribution in [1.82, 2.24) is 9.29 Å². The number of hydrogen-bond donors (Lipinski definition) is 0. The van der Waals surface area contributed by atoms with Crippen molar-refractivity contribution in [3.05, 3.63) is 78.2 Å². The van der Waals surface area contributed by atoms with Crippen LogP contribution in [-0.2, 0) is 10.0 Å². The Hall–Kier alpha value is -2.81. The van der Waals surface area contributed by atoms with Crippen molar-refractivity contribution < 1.29 is 13.2 Å². The fourth-order valence-electron chi connectivity index (χ4n) is 3.69. The van der Waals surface area contributed by atoms with E-state index in [4.69, 9.17) is 0 Å². The van der Waals surface area contributed by atoms with Crippen LogP contribution in [0.25, 0.3) is 11.3 Å². The molecule has 3 aromatic rings. The van der Waals surface area contributed by atoms with Gasteiger partial charge in [-0.1, -0.05) is 42.8 Å². The second kappa shape index (κ2) is 9.77. The molecule has 2 aromatic carbocycles. The van der Waals surface area contributed by atoms with Crippen molar-refractivity contribution in [2.75, 3.05) is 24.5 Å². The van der Waals surface area contributed by atoms with Crippen molar-refractivity contribution in [3.63, 3.8) is 0 Å². The number of carbonyl (C=O) groups is 1. The first-order valence-corrected chi connectivity index (χ1v) is 12.9. The summed E-state index contributed by atoms with van der Waals surface area (Å²) in [7, 11) is -3.53. The van der Waals surface area contributed by atoms with Crippen molar-refractivity contribution in [1.29, 1.82) is 0 Å². The van der Waals surface area contributed by atoms with E-state index in [2.05, 4.69) is 11.6 Å². The Morgan fingerprint density at radius 3 is 2.41 bits per heavy atom. The van der Waals surface area contributed by atoms with E-state index >= 15 is 0 Å². The number of amides is 1. The minimum atomic E-state index is -3.53. The molecule has 8 heteroatoms. The van der Waals surface area contributed by atoms with Crippen molar-refractivity contribution in [2.24, 2.45) is 0 Å². The Balaban J connectivity index is 1.56. The molecule has 0 aliphatic carbocycles. The maximum atomic E-state index is 13.2. The van der Waals surface area contributed by atoms with E-state index in [1.807, 2.05) is 35.7 Å². The first-order chi connectivity index (χ1) is 15.5. The highest BCUT2D eigenvalue weighted by atomic mass is 32.2. The van der Waals surface area contributed by atoms with Gasteiger partial charge in [0.25, 0.3) is 5.91 Å². The lowest BCUT2D eigenvalue weighted by Gasteiger charge is -2.26. The van der Waals surface area contributed by atoms with Crippen LogP contribution in [0.15, 0.2) is 77.5 Å². The van der Waals surface area contributed by atoms with Crippen LogP contribution >= 0.6 is 11.3 Å². The molecule has 2 heterocycles. The Kier molecular flexibility index (Phi) is 6.83. The van der Waals surface area contributed by atoms with Crippen molar-refractivity contribution in [3.8, 4) is 11.3 Å². The summed E-state index contributed by atoms with van der Waals surface area (Å²) in [6.07, 6.45) is 4.47. The number of sulfonamides is 1. The van der Waals surface area contributed by atoms with E-state index in [1.54, 1.807) is 23.1 Å². The summed E-state index contributed by atoms with van der Waals surface area (Å²) in [5.74, 6) is -0.249. The molecule has 0 unspecified atom stereocenters. The monoisotopic (exact) mass is 467 g/mol. The maximum absolute atomic E-state index is 13.2. The molecular formula is C24H25N3O3S2. The van der Waals surface area contributed by atoms with Crippen LogP contribution in [0.5, 0.6) is 0 Å². The molecule has 6 nitrogen and oxygen atoms in total. The van der Waals surface area contributed by atoms with Crippen molar-refractivity contribution >= 4 is 32.4 Å². The molecule has 1 aromatic heterocycles. The summed E-state index contributed by atoms with van der Waals surface area (Å²) in [6.45, 7) is 5.15. The van der Waals surface area contributed by atoms with Crippen molar-refractivity contribution in [2.45, 2.75) is 24.2 Å². The van der Waals surface area contributed by atoms with Gasteiger partial charge in [-0.15, -0.1) is 17.9 Å². The minimum absolute atomic E-state index is 0.215. The molecule has 32 heavy (non-hydrogen) atoms. The molecule has 0 spiro atoms. The Labute approximate surface area is 192 Å². The van der Waals surface area contributed by atoms with Crippen LogP contribution in [0.2, 0.25) is 0 Å². The molecule has 0 N–H and O–H groups in total. The third-order valence-corrected chi connectivity index (χ3v) is 8.18. The lowest BCUT2D eigenvalue weighted by atomic mass is 10.2. The smallest absolute Gasteiger partial charge is 0.260 e. The van der Waals surface area contributed by atoms with Gasteiger partial charge in [0.1, 0.15) is 0 Å². The second-order valence-electron chi connectivity index (χ2n) is 7.57. The highest BCUT2D eigenvalue weighted by Gasteiger charge is 2.26. The zero-order valence-corrected chi connectivity index (χ0v) is 19.3. The normalized spacial score (nSPS) is 14.8. The molecule has 0 atom stereocenters. The number of hydrogen-bond acceptors (Lipinski definition) is 5. The highest BCUT2D eigenvalue weighted by Crippen LogP contribution is 2.29. The fraction of sp³-hybridized carbons (Fsp3) is 0.250. The molecule has 4 rings (SSSR count). The highest BCUT2D eigenvalue weighted by molar-refractivity contribution is 7.89. The number of benzene rings is 2. The predicted octanol–water partition coefficient (Wildman–Crippen LogP) is 4.82. The average Bonchev–Trinajstić information content (AvgIpc) is 3.33. The number of carbonyl (C=O) groups excluding carboxylic acids is 1. The van der Waals surface area contributed by atoms with Gasteiger partial charge < -0.3 is 0 Å². The van der Waals surface area contributed by atoms with Gasteiger partial charge >= 0.3 is 0 Å². The summed E-state index contributed by atoms with van der Waals surface area (Å²) < 4.78 is 27.3. The summed E-state index contributed by atoms with van der Waals surface area (Å²) >= 11 is 1.39. The van der Waals surface area contributed by atoms with E-state index in [1.165, 1.54) is 27.8 Å². The third-order valence-electron chi connectivity index (χ3n) is 5.40. The Morgan fingerprint density at radius 1 is 1.06 bits per heavy atom. The number of thiazole rings is 1. The zero-order chi connectivity index (χ0) is 22.6. The van der Waals surface area contributed by atoms with Gasteiger partial charge in [0, 0.05) is 36.1 Å². The van der Waals surface area contributed by atoms with Gasteiger partial charge in [0.15, 0.2) is 5.13 Å². The van der Waals surface area contributed by atoms with Crippen LogP contribution in [0, 0.1) is 0 Å². The van der Waals surface area contributed by atoms with Crippen LogP contribution in [0.4, 0.5) is 5.13 Å². The first-order valence-electron chi connectivity index (χ1n) is 10.5. The molecule has 166 valence electrons. The quantitative estimate of drug-likeness (QED) is 0.467. The summed E-state index contributed by atoms with van der Waals surface area (Å²) in [5, 5.41) is 2.49. The van der Waals surface area contributed by atoms with Gasteiger partial charge in [0.05, 0.1) is 10.6 Å². The van der Waals surface area contributed by atoms with Gasteiger partial charge in [-0.2, -0.15) is 4.31 Å². The largest absolute Gasteiger partial charge is 0.280 e. The molecule has 1 fully saturated rings. The van der Waals surface area contributed by atoms with Gasteiger partial charge in [-0.25, -0.2) is 13.4 Å². The number of nitrogens with zero attached hydrogens (tertiary/aromatic N) is 3. The van der Waals surface area contributed by atoms with E-state index in [0.717, 1.165) is 30.5 Å². The SMILES string of the molecule is C=CCN(C(=O)c1ccc(S(=O)(=O)N2CCCCC2)cc1)c1nc(-c2ccccc2)cs1. The molecular weight excluding hydrogens is 442 g/mol. The summed E-state index contributed by atoms with van der Waals surface area (Å²) in [6, 6.07) is 15.9. The molecule has 1 aliphatic rings.